The van der Waals surface area contributed by atoms with Crippen LogP contribution in [0.3, 0.4) is 0 Å². The summed E-state index contributed by atoms with van der Waals surface area (Å²) in [6.45, 7) is 2.73. The van der Waals surface area contributed by atoms with Crippen LogP contribution in [-0.4, -0.2) is 35.4 Å². The Balaban J connectivity index is 1.45. The van der Waals surface area contributed by atoms with Crippen molar-refractivity contribution in [3.63, 3.8) is 0 Å². The van der Waals surface area contributed by atoms with Gasteiger partial charge in [0.2, 0.25) is 11.8 Å². The normalized spacial score (nSPS) is 16.9. The van der Waals surface area contributed by atoms with E-state index in [4.69, 9.17) is 4.74 Å². The summed E-state index contributed by atoms with van der Waals surface area (Å²) in [7, 11) is 0. The van der Waals surface area contributed by atoms with Crippen molar-refractivity contribution >= 4 is 11.8 Å². The molecule has 0 bridgehead atoms. The molecule has 2 amide bonds. The lowest BCUT2D eigenvalue weighted by Gasteiger charge is -2.38. The van der Waals surface area contributed by atoms with Crippen LogP contribution in [-0.2, 0) is 26.5 Å². The van der Waals surface area contributed by atoms with E-state index in [2.05, 4.69) is 41.7 Å². The Labute approximate surface area is 243 Å². The zero-order chi connectivity index (χ0) is 28.5. The molecule has 4 aromatic carbocycles. The van der Waals surface area contributed by atoms with E-state index >= 15 is 0 Å². The van der Waals surface area contributed by atoms with Crippen molar-refractivity contribution in [3.8, 4) is 0 Å². The average Bonchev–Trinajstić information content (AvgIpc) is 3.47. The summed E-state index contributed by atoms with van der Waals surface area (Å²) >= 11 is 0. The topological polar surface area (TPSA) is 58.6 Å². The number of carbonyl (C=O) groups excluding carboxylic acids is 2. The van der Waals surface area contributed by atoms with Crippen LogP contribution in [0, 0.1) is 0 Å². The molecule has 0 radical (unpaired) electrons. The molecule has 0 aromatic heterocycles. The second-order valence-electron chi connectivity index (χ2n) is 10.6. The number of likely N-dealkylation sites (tertiary alicyclic amines) is 1. The number of rotatable bonds is 11. The van der Waals surface area contributed by atoms with Gasteiger partial charge in [-0.3, -0.25) is 9.59 Å². The quantitative estimate of drug-likeness (QED) is 0.219. The summed E-state index contributed by atoms with van der Waals surface area (Å²) in [4.78, 5) is 28.7. The second-order valence-corrected chi connectivity index (χ2v) is 10.6. The molecule has 5 heteroatoms. The molecule has 0 saturated carbocycles. The van der Waals surface area contributed by atoms with Crippen LogP contribution in [0.15, 0.2) is 121 Å². The van der Waals surface area contributed by atoms with E-state index in [0.29, 0.717) is 32.4 Å². The van der Waals surface area contributed by atoms with Crippen molar-refractivity contribution < 1.29 is 14.3 Å². The van der Waals surface area contributed by atoms with Crippen LogP contribution in [0.1, 0.15) is 54.9 Å². The smallest absolute Gasteiger partial charge is 0.243 e. The Hall–Kier alpha value is -4.22. The molecule has 0 unspecified atom stereocenters. The first-order valence-electron chi connectivity index (χ1n) is 14.6. The molecule has 1 fully saturated rings. The Morgan fingerprint density at radius 2 is 1.24 bits per heavy atom. The molecular formula is C36H38N2O3. The predicted molar refractivity (Wildman–Crippen MR) is 162 cm³/mol. The summed E-state index contributed by atoms with van der Waals surface area (Å²) in [5, 5.41) is 3.06. The molecule has 1 N–H and O–H groups in total. The minimum atomic E-state index is -0.878. The van der Waals surface area contributed by atoms with Gasteiger partial charge in [0.25, 0.3) is 0 Å². The molecular weight excluding hydrogens is 508 g/mol. The first-order chi connectivity index (χ1) is 20.1. The van der Waals surface area contributed by atoms with E-state index in [1.807, 2.05) is 91.9 Å². The molecule has 1 heterocycles. The first kappa shape index (κ1) is 28.3. The standard InChI is InChI=1S/C36H38N2O3/c1-2-15-34(39)38-32(24-25-33(38)35(40)37-26-28-16-7-3-8-17-28)27-41-36(29-18-9-4-10-19-29,30-20-11-5-12-21-30)31-22-13-6-14-23-31/h3-14,16-23,32-33H,2,15,24-27H2,1H3,(H,37,40)/t32-,33+/m1/s1. The van der Waals surface area contributed by atoms with Gasteiger partial charge in [-0.25, -0.2) is 0 Å². The molecule has 2 atom stereocenters. The van der Waals surface area contributed by atoms with Crippen LogP contribution in [0.5, 0.6) is 0 Å². The fourth-order valence-corrected chi connectivity index (χ4v) is 5.92. The van der Waals surface area contributed by atoms with Gasteiger partial charge in [0, 0.05) is 13.0 Å². The molecule has 210 valence electrons. The van der Waals surface area contributed by atoms with E-state index in [1.54, 1.807) is 4.90 Å². The number of hydrogen-bond donors (Lipinski definition) is 1. The van der Waals surface area contributed by atoms with E-state index < -0.39 is 11.6 Å². The maximum absolute atomic E-state index is 13.5. The lowest BCUT2D eigenvalue weighted by molar-refractivity contribution is -0.142. The number of nitrogens with zero attached hydrogens (tertiary/aromatic N) is 1. The second kappa shape index (κ2) is 13.4. The molecule has 1 saturated heterocycles. The van der Waals surface area contributed by atoms with Gasteiger partial charge >= 0.3 is 0 Å². The number of amides is 2. The lowest BCUT2D eigenvalue weighted by Crippen LogP contribution is -2.50. The third-order valence-corrected chi connectivity index (χ3v) is 7.90. The first-order valence-corrected chi connectivity index (χ1v) is 14.6. The third kappa shape index (κ3) is 6.26. The Kier molecular flexibility index (Phi) is 9.27. The van der Waals surface area contributed by atoms with Gasteiger partial charge in [0.15, 0.2) is 0 Å². The molecule has 5 rings (SSSR count). The molecule has 41 heavy (non-hydrogen) atoms. The van der Waals surface area contributed by atoms with Gasteiger partial charge < -0.3 is 15.0 Å². The van der Waals surface area contributed by atoms with Crippen LogP contribution < -0.4 is 5.32 Å². The summed E-state index contributed by atoms with van der Waals surface area (Å²) in [6.07, 6.45) is 2.44. The predicted octanol–water partition coefficient (Wildman–Crippen LogP) is 6.47. The van der Waals surface area contributed by atoms with Crippen molar-refractivity contribution in [1.29, 1.82) is 0 Å². The van der Waals surface area contributed by atoms with Crippen LogP contribution in [0.4, 0.5) is 0 Å². The van der Waals surface area contributed by atoms with Crippen molar-refractivity contribution in [3.05, 3.63) is 144 Å². The van der Waals surface area contributed by atoms with Crippen LogP contribution in [0.25, 0.3) is 0 Å². The monoisotopic (exact) mass is 546 g/mol. The minimum Gasteiger partial charge on any atom is -0.359 e. The highest BCUT2D eigenvalue weighted by Gasteiger charge is 2.43. The van der Waals surface area contributed by atoms with Gasteiger partial charge in [-0.15, -0.1) is 0 Å². The maximum atomic E-state index is 13.5. The summed E-state index contributed by atoms with van der Waals surface area (Å²) in [5.41, 5.74) is 3.19. The summed E-state index contributed by atoms with van der Waals surface area (Å²) in [5.74, 6) is -0.107. The van der Waals surface area contributed by atoms with Crippen molar-refractivity contribution in [2.75, 3.05) is 6.61 Å². The van der Waals surface area contributed by atoms with Gasteiger partial charge in [0.1, 0.15) is 11.6 Å². The minimum absolute atomic E-state index is 0.00296. The number of ether oxygens (including phenoxy) is 1. The fourth-order valence-electron chi connectivity index (χ4n) is 5.92. The SMILES string of the molecule is CCCC(=O)N1[C@@H](COC(c2ccccc2)(c2ccccc2)c2ccccc2)CC[C@H]1C(=O)NCc1ccccc1. The van der Waals surface area contributed by atoms with E-state index in [0.717, 1.165) is 28.7 Å². The van der Waals surface area contributed by atoms with Crippen molar-refractivity contribution in [2.45, 2.75) is 56.8 Å². The molecule has 5 nitrogen and oxygen atoms in total. The van der Waals surface area contributed by atoms with Gasteiger partial charge in [-0.05, 0) is 41.5 Å². The zero-order valence-corrected chi connectivity index (χ0v) is 23.6. The van der Waals surface area contributed by atoms with E-state index in [-0.39, 0.29) is 17.9 Å². The van der Waals surface area contributed by atoms with E-state index in [1.165, 1.54) is 0 Å². The van der Waals surface area contributed by atoms with Gasteiger partial charge in [-0.1, -0.05) is 128 Å². The maximum Gasteiger partial charge on any atom is 0.243 e. The average molecular weight is 547 g/mol. The molecule has 4 aromatic rings. The summed E-state index contributed by atoms with van der Waals surface area (Å²) < 4.78 is 7.06. The Bertz CT molecular complexity index is 1300. The summed E-state index contributed by atoms with van der Waals surface area (Å²) in [6, 6.07) is 39.9. The highest BCUT2D eigenvalue weighted by Crippen LogP contribution is 2.41. The Morgan fingerprint density at radius 3 is 1.73 bits per heavy atom. The van der Waals surface area contributed by atoms with Crippen LogP contribution in [0.2, 0.25) is 0 Å². The largest absolute Gasteiger partial charge is 0.359 e. The third-order valence-electron chi connectivity index (χ3n) is 7.90. The van der Waals surface area contributed by atoms with Crippen LogP contribution >= 0.6 is 0 Å². The number of nitrogens with one attached hydrogen (secondary N) is 1. The van der Waals surface area contributed by atoms with E-state index in [9.17, 15) is 9.59 Å². The van der Waals surface area contributed by atoms with Gasteiger partial charge in [0.05, 0.1) is 12.6 Å². The highest BCUT2D eigenvalue weighted by molar-refractivity contribution is 5.88. The van der Waals surface area contributed by atoms with Crippen molar-refractivity contribution in [2.24, 2.45) is 0 Å². The number of hydrogen-bond acceptors (Lipinski definition) is 3. The number of benzene rings is 4. The molecule has 1 aliphatic heterocycles. The zero-order valence-electron chi connectivity index (χ0n) is 23.6. The molecule has 0 spiro atoms. The van der Waals surface area contributed by atoms with Gasteiger partial charge in [-0.2, -0.15) is 0 Å². The molecule has 1 aliphatic rings. The molecule has 0 aliphatic carbocycles. The fraction of sp³-hybridized carbons (Fsp3) is 0.278. The Morgan fingerprint density at radius 1 is 0.756 bits per heavy atom. The lowest BCUT2D eigenvalue weighted by atomic mass is 9.80. The highest BCUT2D eigenvalue weighted by atomic mass is 16.5. The van der Waals surface area contributed by atoms with Crippen molar-refractivity contribution in [1.82, 2.24) is 10.2 Å². The number of carbonyl (C=O) groups is 2.